The summed E-state index contributed by atoms with van der Waals surface area (Å²) in [4.78, 5) is 29.5. The van der Waals surface area contributed by atoms with Crippen LogP contribution in [0.25, 0.3) is 11.1 Å². The third-order valence-electron chi connectivity index (χ3n) is 6.94. The van der Waals surface area contributed by atoms with Crippen molar-refractivity contribution in [1.29, 1.82) is 0 Å². The predicted molar refractivity (Wildman–Crippen MR) is 173 cm³/mol. The van der Waals surface area contributed by atoms with Crippen LogP contribution in [-0.4, -0.2) is 28.6 Å². The highest BCUT2D eigenvalue weighted by molar-refractivity contribution is 9.10. The Labute approximate surface area is 264 Å². The molecular formula is C36H31BrN2O5. The molecule has 222 valence electrons. The fourth-order valence-corrected chi connectivity index (χ4v) is 5.14. The fourth-order valence-electron chi connectivity index (χ4n) is 4.78. The van der Waals surface area contributed by atoms with Crippen LogP contribution in [0.4, 0.5) is 0 Å². The Morgan fingerprint density at radius 3 is 2.39 bits per heavy atom. The molecule has 0 aliphatic carbocycles. The van der Waals surface area contributed by atoms with Crippen molar-refractivity contribution >= 4 is 27.8 Å². The molecule has 2 N–H and O–H groups in total. The molecule has 0 aliphatic rings. The van der Waals surface area contributed by atoms with Gasteiger partial charge in [0.25, 0.3) is 5.91 Å². The second-order valence-electron chi connectivity index (χ2n) is 10.1. The molecule has 0 saturated carbocycles. The number of carbonyl (C=O) groups is 2. The summed E-state index contributed by atoms with van der Waals surface area (Å²) in [5, 5.41) is 12.6. The Hall–Kier alpha value is -4.95. The Morgan fingerprint density at radius 2 is 1.64 bits per heavy atom. The number of hydrogen-bond acceptors (Lipinski definition) is 5. The number of carboxylic acid groups (broad SMARTS) is 1. The molecule has 0 radical (unpaired) electrons. The monoisotopic (exact) mass is 650 g/mol. The smallest absolute Gasteiger partial charge is 0.305 e. The van der Waals surface area contributed by atoms with Crippen LogP contribution in [0.3, 0.4) is 0 Å². The molecule has 0 aliphatic heterocycles. The van der Waals surface area contributed by atoms with Crippen molar-refractivity contribution in [2.75, 3.05) is 6.61 Å². The van der Waals surface area contributed by atoms with E-state index in [1.807, 2.05) is 97.2 Å². The normalized spacial score (nSPS) is 11.4. The van der Waals surface area contributed by atoms with E-state index in [-0.39, 0.29) is 6.42 Å². The van der Waals surface area contributed by atoms with E-state index in [9.17, 15) is 14.7 Å². The number of halogens is 1. The van der Waals surface area contributed by atoms with Crippen LogP contribution >= 0.6 is 15.9 Å². The average molecular weight is 652 g/mol. The molecule has 1 amide bonds. The average Bonchev–Trinajstić information content (AvgIpc) is 3.04. The first kappa shape index (κ1) is 30.5. The number of carbonyl (C=O) groups excluding carboxylic acids is 1. The number of benzene rings is 4. The first-order valence-corrected chi connectivity index (χ1v) is 15.0. The second kappa shape index (κ2) is 15.0. The molecule has 8 heteroatoms. The minimum atomic E-state index is -1.03. The maximum absolute atomic E-state index is 13.5. The fraction of sp³-hybridized carbons (Fsp3) is 0.139. The van der Waals surface area contributed by atoms with Crippen molar-refractivity contribution in [3.63, 3.8) is 0 Å². The van der Waals surface area contributed by atoms with Crippen molar-refractivity contribution in [2.24, 2.45) is 0 Å². The van der Waals surface area contributed by atoms with Crippen LogP contribution in [0.2, 0.25) is 0 Å². The molecule has 5 rings (SSSR count). The lowest BCUT2D eigenvalue weighted by molar-refractivity contribution is -0.137. The molecule has 1 heterocycles. The number of aliphatic carboxylic acids is 1. The van der Waals surface area contributed by atoms with Crippen molar-refractivity contribution in [1.82, 2.24) is 10.3 Å². The van der Waals surface area contributed by atoms with E-state index in [0.717, 1.165) is 35.3 Å². The number of para-hydroxylation sites is 2. The Kier molecular flexibility index (Phi) is 10.4. The molecule has 4 aromatic carbocycles. The minimum Gasteiger partial charge on any atom is -0.493 e. The first-order valence-electron chi connectivity index (χ1n) is 14.2. The minimum absolute atomic E-state index is 0.284. The zero-order valence-corrected chi connectivity index (χ0v) is 25.4. The van der Waals surface area contributed by atoms with Crippen molar-refractivity contribution in [3.05, 3.63) is 143 Å². The van der Waals surface area contributed by atoms with Crippen LogP contribution in [-0.2, 0) is 11.2 Å². The number of rotatable bonds is 13. The zero-order chi connectivity index (χ0) is 30.7. The summed E-state index contributed by atoms with van der Waals surface area (Å²) in [6, 6.07) is 33.1. The van der Waals surface area contributed by atoms with E-state index in [2.05, 4.69) is 26.2 Å². The van der Waals surface area contributed by atoms with E-state index in [1.54, 1.807) is 24.4 Å². The third kappa shape index (κ3) is 8.33. The molecule has 7 nitrogen and oxygen atoms in total. The van der Waals surface area contributed by atoms with Gasteiger partial charge < -0.3 is 19.9 Å². The van der Waals surface area contributed by atoms with Gasteiger partial charge in [-0.1, -0.05) is 82.7 Å². The van der Waals surface area contributed by atoms with Gasteiger partial charge >= 0.3 is 5.97 Å². The predicted octanol–water partition coefficient (Wildman–Crippen LogP) is 8.26. The highest BCUT2D eigenvalue weighted by Gasteiger charge is 2.22. The molecule has 0 bridgehead atoms. The number of nitrogens with zero attached hydrogens (tertiary/aromatic N) is 1. The molecule has 0 spiro atoms. The van der Waals surface area contributed by atoms with E-state index < -0.39 is 17.9 Å². The first-order chi connectivity index (χ1) is 21.5. The summed E-state index contributed by atoms with van der Waals surface area (Å²) in [6.45, 7) is 0.409. The highest BCUT2D eigenvalue weighted by atomic mass is 79.9. The van der Waals surface area contributed by atoms with Gasteiger partial charge in [-0.05, 0) is 72.0 Å². The Morgan fingerprint density at radius 1 is 0.864 bits per heavy atom. The molecular weight excluding hydrogens is 620 g/mol. The standard InChI is InChI=1S/C36H31BrN2O5/c37-28-18-19-33(43-21-7-9-25-8-6-20-38-24-25)31(22-28)36(42)39-32(23-35(40)41)27-16-14-26(15-17-27)30-12-4-5-13-34(30)44-29-10-2-1-3-11-29/h1-6,8,10-20,22,24,32H,7,9,21,23H2,(H,39,42)(H,40,41). The summed E-state index contributed by atoms with van der Waals surface area (Å²) in [5.74, 6) is 0.401. The lowest BCUT2D eigenvalue weighted by Gasteiger charge is -2.20. The number of carboxylic acids is 1. The van der Waals surface area contributed by atoms with Crippen LogP contribution in [0.15, 0.2) is 126 Å². The quantitative estimate of drug-likeness (QED) is 0.125. The molecule has 1 atom stereocenters. The summed E-state index contributed by atoms with van der Waals surface area (Å²) in [6.07, 6.45) is 4.82. The summed E-state index contributed by atoms with van der Waals surface area (Å²) in [5.41, 5.74) is 3.88. The van der Waals surface area contributed by atoms with Gasteiger partial charge in [0.15, 0.2) is 0 Å². The van der Waals surface area contributed by atoms with Crippen LogP contribution in [0, 0.1) is 0 Å². The number of aromatic nitrogens is 1. The van der Waals surface area contributed by atoms with Crippen LogP contribution < -0.4 is 14.8 Å². The van der Waals surface area contributed by atoms with Gasteiger partial charge in [0.1, 0.15) is 17.2 Å². The number of hydrogen-bond donors (Lipinski definition) is 2. The van der Waals surface area contributed by atoms with Gasteiger partial charge in [0.05, 0.1) is 24.6 Å². The number of ether oxygens (including phenoxy) is 2. The van der Waals surface area contributed by atoms with Crippen LogP contribution in [0.1, 0.15) is 40.4 Å². The molecule has 1 aromatic heterocycles. The van der Waals surface area contributed by atoms with Gasteiger partial charge in [0, 0.05) is 22.4 Å². The lowest BCUT2D eigenvalue weighted by atomic mass is 9.98. The number of aryl methyl sites for hydroxylation is 1. The number of pyridine rings is 1. The lowest BCUT2D eigenvalue weighted by Crippen LogP contribution is -2.30. The summed E-state index contributed by atoms with van der Waals surface area (Å²) < 4.78 is 12.8. The third-order valence-corrected chi connectivity index (χ3v) is 7.44. The van der Waals surface area contributed by atoms with Gasteiger partial charge in [0.2, 0.25) is 0 Å². The van der Waals surface area contributed by atoms with E-state index in [1.165, 1.54) is 0 Å². The molecule has 1 unspecified atom stereocenters. The Bertz CT molecular complexity index is 1700. The van der Waals surface area contributed by atoms with E-state index >= 15 is 0 Å². The maximum atomic E-state index is 13.5. The number of amides is 1. The SMILES string of the molecule is O=C(O)CC(NC(=O)c1cc(Br)ccc1OCCCc1cccnc1)c1ccc(-c2ccccc2Oc2ccccc2)cc1. The molecule has 5 aromatic rings. The van der Waals surface area contributed by atoms with Crippen molar-refractivity contribution < 1.29 is 24.2 Å². The molecule has 0 saturated heterocycles. The second-order valence-corrected chi connectivity index (χ2v) is 11.0. The largest absolute Gasteiger partial charge is 0.493 e. The zero-order valence-electron chi connectivity index (χ0n) is 23.9. The van der Waals surface area contributed by atoms with Crippen LogP contribution in [0.5, 0.6) is 17.2 Å². The Balaban J connectivity index is 1.30. The molecule has 0 fully saturated rings. The summed E-state index contributed by atoms with van der Waals surface area (Å²) >= 11 is 3.44. The van der Waals surface area contributed by atoms with Crippen molar-refractivity contribution in [3.8, 4) is 28.4 Å². The highest BCUT2D eigenvalue weighted by Crippen LogP contribution is 2.34. The van der Waals surface area contributed by atoms with E-state index in [0.29, 0.717) is 33.7 Å². The number of nitrogens with one attached hydrogen (secondary N) is 1. The van der Waals surface area contributed by atoms with E-state index in [4.69, 9.17) is 9.47 Å². The molecule has 44 heavy (non-hydrogen) atoms. The topological polar surface area (TPSA) is 97.8 Å². The van der Waals surface area contributed by atoms with Gasteiger partial charge in [-0.3, -0.25) is 14.6 Å². The van der Waals surface area contributed by atoms with Gasteiger partial charge in [-0.2, -0.15) is 0 Å². The summed E-state index contributed by atoms with van der Waals surface area (Å²) in [7, 11) is 0. The van der Waals surface area contributed by atoms with Gasteiger partial charge in [-0.25, -0.2) is 0 Å². The van der Waals surface area contributed by atoms with Gasteiger partial charge in [-0.15, -0.1) is 0 Å². The van der Waals surface area contributed by atoms with Crippen molar-refractivity contribution in [2.45, 2.75) is 25.3 Å². The maximum Gasteiger partial charge on any atom is 0.305 e.